The normalized spacial score (nSPS) is 26.8. The summed E-state index contributed by atoms with van der Waals surface area (Å²) in [5.74, 6) is 0.887. The number of aliphatic imine (C=N–C) groups is 1. The zero-order valence-electron chi connectivity index (χ0n) is 11.4. The van der Waals surface area contributed by atoms with Crippen LogP contribution in [-0.2, 0) is 9.47 Å². The Morgan fingerprint density at radius 3 is 2.83 bits per heavy atom. The minimum atomic E-state index is 0.261. The molecule has 2 fully saturated rings. The molecule has 104 valence electrons. The molecule has 2 N–H and O–H groups in total. The summed E-state index contributed by atoms with van der Waals surface area (Å²) in [6.45, 7) is 4.38. The molecular formula is C13H25N3O2. The molecule has 1 aliphatic heterocycles. The van der Waals surface area contributed by atoms with E-state index in [-0.39, 0.29) is 12.1 Å². The smallest absolute Gasteiger partial charge is 0.191 e. The van der Waals surface area contributed by atoms with E-state index >= 15 is 0 Å². The maximum atomic E-state index is 5.79. The van der Waals surface area contributed by atoms with Gasteiger partial charge in [0.25, 0.3) is 0 Å². The Balaban J connectivity index is 1.62. The second kappa shape index (κ2) is 6.95. The SMILES string of the molecule is CN=C(NC(C)COC1CCOC1)NC1CCC1. The molecule has 5 heteroatoms. The zero-order chi connectivity index (χ0) is 12.8. The zero-order valence-corrected chi connectivity index (χ0v) is 11.4. The second-order valence-electron chi connectivity index (χ2n) is 5.21. The molecule has 18 heavy (non-hydrogen) atoms. The molecule has 2 unspecified atom stereocenters. The minimum Gasteiger partial charge on any atom is -0.379 e. The van der Waals surface area contributed by atoms with Crippen molar-refractivity contribution < 1.29 is 9.47 Å². The lowest BCUT2D eigenvalue weighted by atomic mass is 9.93. The summed E-state index contributed by atoms with van der Waals surface area (Å²) >= 11 is 0. The van der Waals surface area contributed by atoms with Crippen LogP contribution < -0.4 is 10.6 Å². The van der Waals surface area contributed by atoms with Crippen LogP contribution >= 0.6 is 0 Å². The standard InChI is InChI=1S/C13H25N3O2/c1-10(8-18-12-6-7-17-9-12)15-13(14-2)16-11-4-3-5-11/h10-12H,3-9H2,1-2H3,(H2,14,15,16). The van der Waals surface area contributed by atoms with Crippen molar-refractivity contribution in [2.45, 2.75) is 50.8 Å². The molecular weight excluding hydrogens is 230 g/mol. The van der Waals surface area contributed by atoms with Crippen LogP contribution in [0.1, 0.15) is 32.6 Å². The summed E-state index contributed by atoms with van der Waals surface area (Å²) in [4.78, 5) is 4.24. The highest BCUT2D eigenvalue weighted by atomic mass is 16.5. The lowest BCUT2D eigenvalue weighted by Gasteiger charge is -2.29. The van der Waals surface area contributed by atoms with Gasteiger partial charge in [-0.25, -0.2) is 0 Å². The molecule has 0 aromatic carbocycles. The van der Waals surface area contributed by atoms with Crippen LogP contribution in [0.2, 0.25) is 0 Å². The van der Waals surface area contributed by atoms with E-state index in [0.29, 0.717) is 12.6 Å². The van der Waals surface area contributed by atoms with Crippen LogP contribution in [0, 0.1) is 0 Å². The van der Waals surface area contributed by atoms with Crippen molar-refractivity contribution in [2.75, 3.05) is 26.9 Å². The molecule has 5 nitrogen and oxygen atoms in total. The van der Waals surface area contributed by atoms with Crippen molar-refractivity contribution >= 4 is 5.96 Å². The first kappa shape index (κ1) is 13.6. The van der Waals surface area contributed by atoms with Crippen LogP contribution in [0.3, 0.4) is 0 Å². The molecule has 1 saturated carbocycles. The van der Waals surface area contributed by atoms with Gasteiger partial charge in [-0.1, -0.05) is 0 Å². The highest BCUT2D eigenvalue weighted by Gasteiger charge is 2.20. The Morgan fingerprint density at radius 2 is 2.28 bits per heavy atom. The molecule has 0 aromatic heterocycles. The number of guanidine groups is 1. The Morgan fingerprint density at radius 1 is 1.44 bits per heavy atom. The molecule has 0 bridgehead atoms. The summed E-state index contributed by atoms with van der Waals surface area (Å²) in [5.41, 5.74) is 0. The van der Waals surface area contributed by atoms with E-state index in [9.17, 15) is 0 Å². The summed E-state index contributed by atoms with van der Waals surface area (Å²) in [5, 5.41) is 6.78. The van der Waals surface area contributed by atoms with Gasteiger partial charge in [-0.05, 0) is 32.6 Å². The van der Waals surface area contributed by atoms with Crippen LogP contribution in [0.15, 0.2) is 4.99 Å². The third kappa shape index (κ3) is 4.14. The quantitative estimate of drug-likeness (QED) is 0.566. The Hall–Kier alpha value is -0.810. The van der Waals surface area contributed by atoms with Gasteiger partial charge in [0.05, 0.1) is 19.3 Å². The van der Waals surface area contributed by atoms with Crippen molar-refractivity contribution in [1.82, 2.24) is 10.6 Å². The summed E-state index contributed by atoms with van der Waals surface area (Å²) < 4.78 is 11.1. The molecule has 2 rings (SSSR count). The lowest BCUT2D eigenvalue weighted by molar-refractivity contribution is 0.0347. The average molecular weight is 255 g/mol. The van der Waals surface area contributed by atoms with Gasteiger partial charge >= 0.3 is 0 Å². The van der Waals surface area contributed by atoms with Gasteiger partial charge in [0, 0.05) is 25.7 Å². The maximum Gasteiger partial charge on any atom is 0.191 e. The summed E-state index contributed by atoms with van der Waals surface area (Å²) in [6.07, 6.45) is 5.13. The van der Waals surface area contributed by atoms with E-state index in [1.165, 1.54) is 19.3 Å². The molecule has 1 saturated heterocycles. The topological polar surface area (TPSA) is 54.9 Å². The third-order valence-electron chi connectivity index (χ3n) is 3.52. The Kier molecular flexibility index (Phi) is 5.26. The molecule has 0 amide bonds. The highest BCUT2D eigenvalue weighted by molar-refractivity contribution is 5.80. The number of rotatable bonds is 5. The molecule has 0 spiro atoms. The van der Waals surface area contributed by atoms with Gasteiger partial charge in [0.1, 0.15) is 0 Å². The van der Waals surface area contributed by atoms with Gasteiger partial charge in [0.15, 0.2) is 5.96 Å². The first-order valence-corrected chi connectivity index (χ1v) is 6.97. The maximum absolute atomic E-state index is 5.79. The van der Waals surface area contributed by atoms with E-state index in [2.05, 4.69) is 22.5 Å². The van der Waals surface area contributed by atoms with E-state index < -0.39 is 0 Å². The summed E-state index contributed by atoms with van der Waals surface area (Å²) in [7, 11) is 1.81. The molecule has 0 radical (unpaired) electrons. The second-order valence-corrected chi connectivity index (χ2v) is 5.21. The largest absolute Gasteiger partial charge is 0.379 e. The first-order chi connectivity index (χ1) is 8.78. The number of nitrogens with zero attached hydrogens (tertiary/aromatic N) is 1. The third-order valence-corrected chi connectivity index (χ3v) is 3.52. The van der Waals surface area contributed by atoms with E-state index in [1.54, 1.807) is 0 Å². The van der Waals surface area contributed by atoms with Crippen molar-refractivity contribution in [2.24, 2.45) is 4.99 Å². The van der Waals surface area contributed by atoms with Crippen molar-refractivity contribution in [3.05, 3.63) is 0 Å². The van der Waals surface area contributed by atoms with E-state index in [0.717, 1.165) is 25.6 Å². The molecule has 1 heterocycles. The number of nitrogens with one attached hydrogen (secondary N) is 2. The van der Waals surface area contributed by atoms with Crippen molar-refractivity contribution in [3.63, 3.8) is 0 Å². The minimum absolute atomic E-state index is 0.261. The predicted molar refractivity (Wildman–Crippen MR) is 71.9 cm³/mol. The number of ether oxygens (including phenoxy) is 2. The first-order valence-electron chi connectivity index (χ1n) is 6.97. The van der Waals surface area contributed by atoms with Crippen molar-refractivity contribution in [3.8, 4) is 0 Å². The Labute approximate surface area is 109 Å². The van der Waals surface area contributed by atoms with Gasteiger partial charge in [-0.2, -0.15) is 0 Å². The van der Waals surface area contributed by atoms with Gasteiger partial charge in [-0.3, -0.25) is 4.99 Å². The lowest BCUT2D eigenvalue weighted by Crippen LogP contribution is -2.50. The predicted octanol–water partition coefficient (Wildman–Crippen LogP) is 0.898. The fraction of sp³-hybridized carbons (Fsp3) is 0.923. The fourth-order valence-corrected chi connectivity index (χ4v) is 2.12. The Bertz CT molecular complexity index is 273. The van der Waals surface area contributed by atoms with E-state index in [4.69, 9.17) is 9.47 Å². The average Bonchev–Trinajstić information content (AvgIpc) is 2.82. The molecule has 2 aliphatic rings. The van der Waals surface area contributed by atoms with Gasteiger partial charge in [0.2, 0.25) is 0 Å². The van der Waals surface area contributed by atoms with Crippen molar-refractivity contribution in [1.29, 1.82) is 0 Å². The molecule has 2 atom stereocenters. The monoisotopic (exact) mass is 255 g/mol. The number of hydrogen-bond acceptors (Lipinski definition) is 3. The number of hydrogen-bond donors (Lipinski definition) is 2. The highest BCUT2D eigenvalue weighted by Crippen LogP contribution is 2.17. The van der Waals surface area contributed by atoms with Crippen LogP contribution in [0.5, 0.6) is 0 Å². The van der Waals surface area contributed by atoms with E-state index in [1.807, 2.05) is 7.05 Å². The summed E-state index contributed by atoms with van der Waals surface area (Å²) in [6, 6.07) is 0.865. The fourth-order valence-electron chi connectivity index (χ4n) is 2.12. The van der Waals surface area contributed by atoms with Gasteiger partial charge < -0.3 is 20.1 Å². The molecule has 1 aliphatic carbocycles. The van der Waals surface area contributed by atoms with Crippen LogP contribution in [0.4, 0.5) is 0 Å². The van der Waals surface area contributed by atoms with Crippen LogP contribution in [0.25, 0.3) is 0 Å². The van der Waals surface area contributed by atoms with Gasteiger partial charge in [-0.15, -0.1) is 0 Å². The molecule has 0 aromatic rings. The van der Waals surface area contributed by atoms with Crippen LogP contribution in [-0.4, -0.2) is 51.0 Å².